The van der Waals surface area contributed by atoms with Crippen molar-refractivity contribution in [2.75, 3.05) is 0 Å². The maximum atomic E-state index is 6.20. The molecular weight excluding hydrogens is 550 g/mol. The Kier molecular flexibility index (Phi) is 5.78. The van der Waals surface area contributed by atoms with Crippen LogP contribution in [0.5, 0.6) is 0 Å². The van der Waals surface area contributed by atoms with E-state index in [1.54, 1.807) is 0 Å². The number of fused-ring (bicyclic) bond motifs is 6. The summed E-state index contributed by atoms with van der Waals surface area (Å²) in [5.74, 6) is 1.87. The molecule has 210 valence electrons. The zero-order valence-electron chi connectivity index (χ0n) is 24.2. The third-order valence-corrected chi connectivity index (χ3v) is 8.51. The molecule has 0 saturated heterocycles. The van der Waals surface area contributed by atoms with E-state index in [2.05, 4.69) is 91.0 Å². The Hall–Kier alpha value is -6.13. The highest BCUT2D eigenvalue weighted by atomic mass is 16.3. The van der Waals surface area contributed by atoms with Crippen LogP contribution in [0.3, 0.4) is 0 Å². The summed E-state index contributed by atoms with van der Waals surface area (Å²) in [6.45, 7) is 0. The lowest BCUT2D eigenvalue weighted by atomic mass is 9.92. The van der Waals surface area contributed by atoms with Gasteiger partial charge in [-0.3, -0.25) is 0 Å². The Balaban J connectivity index is 1.29. The van der Waals surface area contributed by atoms with Gasteiger partial charge in [0.1, 0.15) is 11.2 Å². The minimum Gasteiger partial charge on any atom is -0.456 e. The van der Waals surface area contributed by atoms with Gasteiger partial charge in [-0.1, -0.05) is 127 Å². The van der Waals surface area contributed by atoms with Crippen molar-refractivity contribution < 1.29 is 4.42 Å². The quantitative estimate of drug-likeness (QED) is 0.196. The van der Waals surface area contributed by atoms with Crippen LogP contribution in [0.2, 0.25) is 0 Å². The number of aromatic nitrogens is 3. The van der Waals surface area contributed by atoms with Crippen molar-refractivity contribution in [1.29, 1.82) is 0 Å². The van der Waals surface area contributed by atoms with Crippen LogP contribution in [0.25, 0.3) is 88.8 Å². The molecule has 0 atom stereocenters. The van der Waals surface area contributed by atoms with Gasteiger partial charge in [0.2, 0.25) is 0 Å². The zero-order valence-corrected chi connectivity index (χ0v) is 24.2. The zero-order chi connectivity index (χ0) is 29.7. The lowest BCUT2D eigenvalue weighted by Gasteiger charge is -2.13. The van der Waals surface area contributed by atoms with Crippen molar-refractivity contribution >= 4 is 43.5 Å². The summed E-state index contributed by atoms with van der Waals surface area (Å²) in [7, 11) is 0. The van der Waals surface area contributed by atoms with Crippen molar-refractivity contribution in [3.63, 3.8) is 0 Å². The van der Waals surface area contributed by atoms with Gasteiger partial charge in [-0.15, -0.1) is 0 Å². The second-order valence-electron chi connectivity index (χ2n) is 11.2. The molecule has 9 rings (SSSR count). The Morgan fingerprint density at radius 2 is 0.978 bits per heavy atom. The Bertz CT molecular complexity index is 2540. The molecule has 0 spiro atoms. The highest BCUT2D eigenvalue weighted by Gasteiger charge is 2.18. The Labute approximate surface area is 259 Å². The number of para-hydroxylation sites is 1. The van der Waals surface area contributed by atoms with Crippen molar-refractivity contribution in [3.05, 3.63) is 152 Å². The third kappa shape index (κ3) is 4.27. The van der Waals surface area contributed by atoms with Gasteiger partial charge in [0.05, 0.1) is 0 Å². The standard InChI is InChI=1S/C41H25N3O/c1-3-12-26(13-4-1)34-24-28-22-23-29(25-35(28)31-17-8-7-16-30(31)34)40-42-39(27-14-5-2-6-15-27)43-41(44-40)33-19-11-21-37-38(33)32-18-9-10-20-36(32)45-37/h1-25H. The predicted octanol–water partition coefficient (Wildman–Crippen LogP) is 10.7. The average Bonchev–Trinajstić information content (AvgIpc) is 3.51. The largest absolute Gasteiger partial charge is 0.456 e. The van der Waals surface area contributed by atoms with Crippen LogP contribution in [0.4, 0.5) is 0 Å². The number of nitrogens with zero attached hydrogens (tertiary/aromatic N) is 3. The minimum absolute atomic E-state index is 0.611. The van der Waals surface area contributed by atoms with E-state index in [1.807, 2.05) is 60.7 Å². The van der Waals surface area contributed by atoms with Crippen LogP contribution >= 0.6 is 0 Å². The van der Waals surface area contributed by atoms with E-state index in [1.165, 1.54) is 27.3 Å². The first-order valence-electron chi connectivity index (χ1n) is 15.0. The van der Waals surface area contributed by atoms with Crippen LogP contribution in [0.15, 0.2) is 156 Å². The molecule has 9 aromatic rings. The van der Waals surface area contributed by atoms with E-state index < -0.39 is 0 Å². The maximum Gasteiger partial charge on any atom is 0.164 e. The van der Waals surface area contributed by atoms with Gasteiger partial charge in [-0.05, 0) is 56.9 Å². The van der Waals surface area contributed by atoms with Gasteiger partial charge < -0.3 is 4.42 Å². The van der Waals surface area contributed by atoms with E-state index in [4.69, 9.17) is 19.4 Å². The molecule has 0 N–H and O–H groups in total. The summed E-state index contributed by atoms with van der Waals surface area (Å²) in [5, 5.41) is 6.79. The Morgan fingerprint density at radius 1 is 0.356 bits per heavy atom. The smallest absolute Gasteiger partial charge is 0.164 e. The van der Waals surface area contributed by atoms with Crippen LogP contribution < -0.4 is 0 Å². The molecular formula is C41H25N3O. The monoisotopic (exact) mass is 575 g/mol. The van der Waals surface area contributed by atoms with Crippen molar-refractivity contribution in [2.24, 2.45) is 0 Å². The predicted molar refractivity (Wildman–Crippen MR) is 184 cm³/mol. The first-order valence-corrected chi connectivity index (χ1v) is 15.0. The second kappa shape index (κ2) is 10.2. The van der Waals surface area contributed by atoms with E-state index in [9.17, 15) is 0 Å². The number of rotatable bonds is 4. The average molecular weight is 576 g/mol. The molecule has 0 fully saturated rings. The van der Waals surface area contributed by atoms with Crippen LogP contribution in [0.1, 0.15) is 0 Å². The molecule has 0 saturated carbocycles. The van der Waals surface area contributed by atoms with Gasteiger partial charge in [0, 0.05) is 27.5 Å². The number of benzene rings is 7. The summed E-state index contributed by atoms with van der Waals surface area (Å²) in [6, 6.07) is 52.3. The summed E-state index contributed by atoms with van der Waals surface area (Å²) in [5.41, 5.74) is 6.86. The molecule has 0 aliphatic carbocycles. The topological polar surface area (TPSA) is 51.8 Å². The molecule has 2 aromatic heterocycles. The van der Waals surface area contributed by atoms with Crippen LogP contribution in [-0.4, -0.2) is 15.0 Å². The molecule has 7 aromatic carbocycles. The summed E-state index contributed by atoms with van der Waals surface area (Å²) >= 11 is 0. The molecule has 4 heteroatoms. The third-order valence-electron chi connectivity index (χ3n) is 8.51. The number of hydrogen-bond donors (Lipinski definition) is 0. The molecule has 4 nitrogen and oxygen atoms in total. The van der Waals surface area contributed by atoms with Gasteiger partial charge in [-0.25, -0.2) is 15.0 Å². The number of hydrogen-bond acceptors (Lipinski definition) is 4. The molecule has 0 aliphatic heterocycles. The normalized spacial score (nSPS) is 11.6. The van der Waals surface area contributed by atoms with Crippen molar-refractivity contribution in [1.82, 2.24) is 15.0 Å². The molecule has 0 unspecified atom stereocenters. The Morgan fingerprint density at radius 3 is 1.78 bits per heavy atom. The summed E-state index contributed by atoms with van der Waals surface area (Å²) in [6.07, 6.45) is 0. The first-order chi connectivity index (χ1) is 22.3. The van der Waals surface area contributed by atoms with E-state index in [0.29, 0.717) is 17.5 Å². The molecule has 0 aliphatic rings. The van der Waals surface area contributed by atoms with Gasteiger partial charge in [-0.2, -0.15) is 0 Å². The second-order valence-corrected chi connectivity index (χ2v) is 11.2. The fourth-order valence-electron chi connectivity index (χ4n) is 6.40. The molecule has 2 heterocycles. The minimum atomic E-state index is 0.611. The molecule has 0 bridgehead atoms. The number of furan rings is 1. The van der Waals surface area contributed by atoms with Crippen LogP contribution in [-0.2, 0) is 0 Å². The van der Waals surface area contributed by atoms with Gasteiger partial charge in [0.15, 0.2) is 17.5 Å². The van der Waals surface area contributed by atoms with Gasteiger partial charge >= 0.3 is 0 Å². The van der Waals surface area contributed by atoms with Crippen molar-refractivity contribution in [3.8, 4) is 45.3 Å². The van der Waals surface area contributed by atoms with E-state index >= 15 is 0 Å². The lowest BCUT2D eigenvalue weighted by molar-refractivity contribution is 0.669. The highest BCUT2D eigenvalue weighted by molar-refractivity contribution is 6.15. The lowest BCUT2D eigenvalue weighted by Crippen LogP contribution is -2.00. The van der Waals surface area contributed by atoms with Crippen LogP contribution in [0, 0.1) is 0 Å². The molecule has 45 heavy (non-hydrogen) atoms. The van der Waals surface area contributed by atoms with E-state index in [0.717, 1.165) is 44.0 Å². The SMILES string of the molecule is c1ccc(-c2nc(-c3ccc4cc(-c5ccccc5)c5ccccc5c4c3)nc(-c3cccc4oc5ccccc5c34)n2)cc1. The van der Waals surface area contributed by atoms with Gasteiger partial charge in [0.25, 0.3) is 0 Å². The highest BCUT2D eigenvalue weighted by Crippen LogP contribution is 2.38. The first kappa shape index (κ1) is 25.4. The van der Waals surface area contributed by atoms with E-state index in [-0.39, 0.29) is 0 Å². The fraction of sp³-hybridized carbons (Fsp3) is 0. The summed E-state index contributed by atoms with van der Waals surface area (Å²) < 4.78 is 6.20. The summed E-state index contributed by atoms with van der Waals surface area (Å²) in [4.78, 5) is 15.2. The molecule has 0 amide bonds. The fourth-order valence-corrected chi connectivity index (χ4v) is 6.40. The molecule has 0 radical (unpaired) electrons. The maximum absolute atomic E-state index is 6.20. The van der Waals surface area contributed by atoms with Crippen molar-refractivity contribution in [2.45, 2.75) is 0 Å².